The Balaban J connectivity index is 1.63. The van der Waals surface area contributed by atoms with E-state index in [-0.39, 0.29) is 17.9 Å². The molecule has 1 heterocycles. The van der Waals surface area contributed by atoms with Crippen LogP contribution in [0.1, 0.15) is 17.2 Å². The van der Waals surface area contributed by atoms with Gasteiger partial charge in [-0.15, -0.1) is 0 Å². The molecule has 3 aromatic rings. The maximum absolute atomic E-state index is 13.6. The van der Waals surface area contributed by atoms with Crippen LogP contribution in [0.5, 0.6) is 0 Å². The Labute approximate surface area is 138 Å². The van der Waals surface area contributed by atoms with Crippen molar-refractivity contribution in [1.82, 2.24) is 15.5 Å². The second-order valence-corrected chi connectivity index (χ2v) is 5.45. The zero-order valence-corrected chi connectivity index (χ0v) is 12.8. The average molecular weight is 329 g/mol. The lowest BCUT2D eigenvalue weighted by atomic mass is 10.1. The van der Waals surface area contributed by atoms with Gasteiger partial charge in [0.15, 0.2) is 0 Å². The topological polar surface area (TPSA) is 60.9 Å². The molecule has 0 amide bonds. The number of H-pyrrole nitrogens is 1. The van der Waals surface area contributed by atoms with E-state index < -0.39 is 11.9 Å². The lowest BCUT2D eigenvalue weighted by molar-refractivity contribution is 0.169. The summed E-state index contributed by atoms with van der Waals surface area (Å²) in [6, 6.07) is 12.3. The highest BCUT2D eigenvalue weighted by molar-refractivity contribution is 5.62. The Kier molecular flexibility index (Phi) is 4.98. The van der Waals surface area contributed by atoms with E-state index >= 15 is 0 Å². The molecule has 124 valence electrons. The number of rotatable bonds is 6. The van der Waals surface area contributed by atoms with Gasteiger partial charge in [0.2, 0.25) is 0 Å². The summed E-state index contributed by atoms with van der Waals surface area (Å²) in [6.07, 6.45) is 0.730. The van der Waals surface area contributed by atoms with Crippen molar-refractivity contribution >= 4 is 0 Å². The van der Waals surface area contributed by atoms with Crippen LogP contribution in [0.4, 0.5) is 8.78 Å². The predicted molar refractivity (Wildman–Crippen MR) is 87.0 cm³/mol. The maximum Gasteiger partial charge on any atom is 0.129 e. The summed E-state index contributed by atoms with van der Waals surface area (Å²) in [5, 5.41) is 20.1. The molecule has 0 unspecified atom stereocenters. The Hall–Kier alpha value is -2.57. The van der Waals surface area contributed by atoms with Crippen LogP contribution in [-0.2, 0) is 6.54 Å². The molecular formula is C18H17F2N3O. The molecule has 24 heavy (non-hydrogen) atoms. The predicted octanol–water partition coefficient (Wildman–Crippen LogP) is 3.18. The van der Waals surface area contributed by atoms with Gasteiger partial charge in [0.25, 0.3) is 0 Å². The van der Waals surface area contributed by atoms with Crippen LogP contribution >= 0.6 is 0 Å². The highest BCUT2D eigenvalue weighted by Crippen LogP contribution is 2.21. The molecule has 0 fully saturated rings. The third-order valence-electron chi connectivity index (χ3n) is 3.77. The van der Waals surface area contributed by atoms with E-state index in [1.165, 1.54) is 18.2 Å². The lowest BCUT2D eigenvalue weighted by Crippen LogP contribution is -2.21. The number of aliphatic hydroxyl groups is 1. The fourth-order valence-corrected chi connectivity index (χ4v) is 2.51. The normalized spacial score (nSPS) is 12.3. The first kappa shape index (κ1) is 16.3. The number of aromatic amines is 1. The molecule has 2 aromatic carbocycles. The van der Waals surface area contributed by atoms with Crippen molar-refractivity contribution in [2.75, 3.05) is 6.54 Å². The van der Waals surface area contributed by atoms with Gasteiger partial charge in [-0.1, -0.05) is 18.2 Å². The third-order valence-corrected chi connectivity index (χ3v) is 3.77. The molecule has 0 spiro atoms. The number of aromatic nitrogens is 2. The summed E-state index contributed by atoms with van der Waals surface area (Å²) < 4.78 is 26.6. The summed E-state index contributed by atoms with van der Waals surface area (Å²) in [5.74, 6) is -0.729. The molecule has 0 radical (unpaired) electrons. The second-order valence-electron chi connectivity index (χ2n) is 5.45. The first-order valence-electron chi connectivity index (χ1n) is 7.56. The summed E-state index contributed by atoms with van der Waals surface area (Å²) in [7, 11) is 0. The van der Waals surface area contributed by atoms with Crippen LogP contribution in [0, 0.1) is 11.6 Å². The van der Waals surface area contributed by atoms with Crippen LogP contribution in [0.15, 0.2) is 54.7 Å². The molecule has 6 heteroatoms. The molecular weight excluding hydrogens is 312 g/mol. The number of hydrogen-bond acceptors (Lipinski definition) is 3. The van der Waals surface area contributed by atoms with Crippen LogP contribution in [0.3, 0.4) is 0 Å². The summed E-state index contributed by atoms with van der Waals surface area (Å²) >= 11 is 0. The van der Waals surface area contributed by atoms with Gasteiger partial charge in [-0.2, -0.15) is 5.10 Å². The molecule has 3 N–H and O–H groups in total. The minimum Gasteiger partial charge on any atom is -0.387 e. The van der Waals surface area contributed by atoms with Gasteiger partial charge >= 0.3 is 0 Å². The Morgan fingerprint density at radius 1 is 1.08 bits per heavy atom. The number of aliphatic hydroxyl groups excluding tert-OH is 1. The first-order valence-corrected chi connectivity index (χ1v) is 7.56. The monoisotopic (exact) mass is 329 g/mol. The zero-order chi connectivity index (χ0) is 16.9. The highest BCUT2D eigenvalue weighted by Gasteiger charge is 2.13. The van der Waals surface area contributed by atoms with Gasteiger partial charge in [-0.05, 0) is 30.3 Å². The fraction of sp³-hybridized carbons (Fsp3) is 0.167. The number of halogens is 2. The van der Waals surface area contributed by atoms with Crippen molar-refractivity contribution in [3.8, 4) is 11.3 Å². The number of nitrogens with one attached hydrogen (secondary N) is 2. The van der Waals surface area contributed by atoms with E-state index in [0.29, 0.717) is 6.54 Å². The van der Waals surface area contributed by atoms with Crippen molar-refractivity contribution in [3.05, 3.63) is 77.5 Å². The van der Waals surface area contributed by atoms with Crippen LogP contribution in [0.25, 0.3) is 11.3 Å². The highest BCUT2D eigenvalue weighted by atomic mass is 19.1. The maximum atomic E-state index is 13.6. The molecule has 0 aliphatic rings. The van der Waals surface area contributed by atoms with Gasteiger partial charge in [0.05, 0.1) is 18.0 Å². The van der Waals surface area contributed by atoms with E-state index in [1.807, 2.05) is 0 Å². The van der Waals surface area contributed by atoms with E-state index in [2.05, 4.69) is 15.5 Å². The van der Waals surface area contributed by atoms with E-state index in [4.69, 9.17) is 0 Å². The molecule has 0 bridgehead atoms. The van der Waals surface area contributed by atoms with Crippen LogP contribution in [0.2, 0.25) is 0 Å². The molecule has 1 aromatic heterocycles. The fourth-order valence-electron chi connectivity index (χ4n) is 2.51. The standard InChI is InChI=1S/C18H17F2N3O/c19-14-7-5-12(6-8-14)18-13(10-22-23-18)9-21-11-17(24)15-3-1-2-4-16(15)20/h1-8,10,17,21,24H,9,11H2,(H,22,23)/t17-/m0/s1. The largest absolute Gasteiger partial charge is 0.387 e. The number of nitrogens with zero attached hydrogens (tertiary/aromatic N) is 1. The molecule has 0 saturated carbocycles. The SMILES string of the molecule is O[C@@H](CNCc1cn[nH]c1-c1ccc(F)cc1)c1ccccc1F. The molecule has 3 rings (SSSR count). The van der Waals surface area contributed by atoms with Gasteiger partial charge in [-0.3, -0.25) is 5.10 Å². The molecule has 4 nitrogen and oxygen atoms in total. The van der Waals surface area contributed by atoms with Crippen molar-refractivity contribution in [2.24, 2.45) is 0 Å². The van der Waals surface area contributed by atoms with Gasteiger partial charge in [-0.25, -0.2) is 8.78 Å². The van der Waals surface area contributed by atoms with Crippen molar-refractivity contribution in [2.45, 2.75) is 12.6 Å². The van der Waals surface area contributed by atoms with Gasteiger partial charge in [0.1, 0.15) is 11.6 Å². The Bertz CT molecular complexity index is 802. The molecule has 0 saturated heterocycles. The molecule has 1 atom stereocenters. The smallest absolute Gasteiger partial charge is 0.129 e. The minimum absolute atomic E-state index is 0.203. The van der Waals surface area contributed by atoms with E-state index in [0.717, 1.165) is 16.8 Å². The Morgan fingerprint density at radius 2 is 1.83 bits per heavy atom. The van der Waals surface area contributed by atoms with Crippen molar-refractivity contribution in [1.29, 1.82) is 0 Å². The second kappa shape index (κ2) is 7.33. The number of benzene rings is 2. The zero-order valence-electron chi connectivity index (χ0n) is 12.8. The number of hydrogen-bond donors (Lipinski definition) is 3. The van der Waals surface area contributed by atoms with Crippen LogP contribution in [-0.4, -0.2) is 21.8 Å². The molecule has 0 aliphatic carbocycles. The summed E-state index contributed by atoms with van der Waals surface area (Å²) in [6.45, 7) is 0.643. The van der Waals surface area contributed by atoms with Crippen molar-refractivity contribution in [3.63, 3.8) is 0 Å². The average Bonchev–Trinajstić information content (AvgIpc) is 3.04. The van der Waals surface area contributed by atoms with Crippen molar-refractivity contribution < 1.29 is 13.9 Å². The summed E-state index contributed by atoms with van der Waals surface area (Å²) in [4.78, 5) is 0. The van der Waals surface area contributed by atoms with E-state index in [9.17, 15) is 13.9 Å². The van der Waals surface area contributed by atoms with E-state index in [1.54, 1.807) is 36.5 Å². The quantitative estimate of drug-likeness (QED) is 0.651. The minimum atomic E-state index is -0.938. The lowest BCUT2D eigenvalue weighted by Gasteiger charge is -2.13. The summed E-state index contributed by atoms with van der Waals surface area (Å²) in [5.41, 5.74) is 2.74. The van der Waals surface area contributed by atoms with Crippen LogP contribution < -0.4 is 5.32 Å². The molecule has 0 aliphatic heterocycles. The van der Waals surface area contributed by atoms with Gasteiger partial charge < -0.3 is 10.4 Å². The first-order chi connectivity index (χ1) is 11.6. The van der Waals surface area contributed by atoms with Gasteiger partial charge in [0, 0.05) is 29.8 Å². The third kappa shape index (κ3) is 3.67. The Morgan fingerprint density at radius 3 is 2.58 bits per heavy atom.